The van der Waals surface area contributed by atoms with E-state index in [1.54, 1.807) is 11.3 Å². The van der Waals surface area contributed by atoms with Gasteiger partial charge in [-0.15, -0.1) is 11.3 Å². The maximum Gasteiger partial charge on any atom is 0.237 e. The average Bonchev–Trinajstić information content (AvgIpc) is 2.45. The molecule has 1 aliphatic heterocycles. The van der Waals surface area contributed by atoms with Crippen molar-refractivity contribution in [2.75, 3.05) is 6.54 Å². The van der Waals surface area contributed by atoms with Crippen LogP contribution in [0.1, 0.15) is 12.0 Å². The summed E-state index contributed by atoms with van der Waals surface area (Å²) in [5.74, 6) is 0.110. The average molecular weight is 275 g/mol. The Balaban J connectivity index is 1.79. The third-order valence-corrected chi connectivity index (χ3v) is 3.78. The van der Waals surface area contributed by atoms with Gasteiger partial charge in [-0.05, 0) is 45.9 Å². The first-order valence-electron chi connectivity index (χ1n) is 4.50. The second-order valence-electron chi connectivity index (χ2n) is 3.27. The number of amides is 1. The van der Waals surface area contributed by atoms with Gasteiger partial charge in [-0.1, -0.05) is 0 Å². The molecule has 1 fully saturated rings. The molecule has 0 bridgehead atoms. The van der Waals surface area contributed by atoms with Crippen LogP contribution in [0.3, 0.4) is 0 Å². The molecule has 1 atom stereocenters. The topological polar surface area (TPSA) is 41.1 Å². The first kappa shape index (κ1) is 10.1. The van der Waals surface area contributed by atoms with Gasteiger partial charge < -0.3 is 10.6 Å². The molecule has 14 heavy (non-hydrogen) atoms. The van der Waals surface area contributed by atoms with Crippen LogP contribution in [0.4, 0.5) is 0 Å². The van der Waals surface area contributed by atoms with Crippen LogP contribution in [-0.4, -0.2) is 18.5 Å². The van der Waals surface area contributed by atoms with Crippen LogP contribution in [0.5, 0.6) is 0 Å². The molecule has 1 aromatic heterocycles. The van der Waals surface area contributed by atoms with Gasteiger partial charge in [0.15, 0.2) is 0 Å². The van der Waals surface area contributed by atoms with Crippen LogP contribution < -0.4 is 10.6 Å². The predicted octanol–water partition coefficient (Wildman–Crippen LogP) is 1.49. The molecule has 1 saturated heterocycles. The van der Waals surface area contributed by atoms with Crippen LogP contribution >= 0.6 is 27.3 Å². The Kier molecular flexibility index (Phi) is 3.20. The largest absolute Gasteiger partial charge is 0.351 e. The molecule has 3 nitrogen and oxygen atoms in total. The Labute approximate surface area is 95.0 Å². The Bertz CT molecular complexity index is 335. The third kappa shape index (κ3) is 2.34. The summed E-state index contributed by atoms with van der Waals surface area (Å²) in [6, 6.07) is 2.07. The lowest BCUT2D eigenvalue weighted by molar-refractivity contribution is -0.124. The second kappa shape index (κ2) is 4.42. The predicted molar refractivity (Wildman–Crippen MR) is 60.3 cm³/mol. The van der Waals surface area contributed by atoms with E-state index in [0.29, 0.717) is 6.54 Å². The lowest BCUT2D eigenvalue weighted by Crippen LogP contribution is -2.52. The molecule has 0 unspecified atom stereocenters. The molecule has 0 saturated carbocycles. The first-order valence-corrected chi connectivity index (χ1v) is 6.17. The Morgan fingerprint density at radius 1 is 1.79 bits per heavy atom. The highest BCUT2D eigenvalue weighted by Gasteiger charge is 2.23. The third-order valence-electron chi connectivity index (χ3n) is 2.23. The smallest absolute Gasteiger partial charge is 0.237 e. The summed E-state index contributed by atoms with van der Waals surface area (Å²) in [4.78, 5) is 11.4. The van der Waals surface area contributed by atoms with E-state index in [1.165, 1.54) is 0 Å². The van der Waals surface area contributed by atoms with Crippen LogP contribution in [-0.2, 0) is 11.3 Å². The fraction of sp³-hybridized carbons (Fsp3) is 0.444. The zero-order valence-corrected chi connectivity index (χ0v) is 9.95. The van der Waals surface area contributed by atoms with E-state index in [9.17, 15) is 4.79 Å². The molecular weight excluding hydrogens is 264 g/mol. The normalized spacial score (nSPS) is 20.2. The second-order valence-corrected chi connectivity index (χ2v) is 5.56. The molecule has 5 heteroatoms. The molecule has 0 spiro atoms. The molecule has 0 radical (unpaired) electrons. The van der Waals surface area contributed by atoms with Gasteiger partial charge in [0.05, 0.1) is 9.83 Å². The summed E-state index contributed by atoms with van der Waals surface area (Å²) in [7, 11) is 0. The molecule has 1 amide bonds. The van der Waals surface area contributed by atoms with Crippen LogP contribution in [0.25, 0.3) is 0 Å². The fourth-order valence-electron chi connectivity index (χ4n) is 1.26. The van der Waals surface area contributed by atoms with Crippen molar-refractivity contribution in [3.05, 3.63) is 20.8 Å². The zero-order chi connectivity index (χ0) is 9.97. The number of nitrogens with one attached hydrogen (secondary N) is 2. The number of halogens is 1. The summed E-state index contributed by atoms with van der Waals surface area (Å²) in [6.45, 7) is 1.58. The lowest BCUT2D eigenvalue weighted by Gasteiger charge is -2.26. The van der Waals surface area contributed by atoms with Gasteiger partial charge in [0.1, 0.15) is 0 Å². The van der Waals surface area contributed by atoms with Gasteiger partial charge in [-0.25, -0.2) is 0 Å². The van der Waals surface area contributed by atoms with Crippen LogP contribution in [0.15, 0.2) is 15.2 Å². The van der Waals surface area contributed by atoms with Gasteiger partial charge in [-0.3, -0.25) is 4.79 Å². The minimum absolute atomic E-state index is 0.0390. The van der Waals surface area contributed by atoms with Crippen molar-refractivity contribution in [3.8, 4) is 0 Å². The number of carbonyl (C=O) groups excluding carboxylic acids is 1. The highest BCUT2D eigenvalue weighted by molar-refractivity contribution is 9.11. The van der Waals surface area contributed by atoms with Gasteiger partial charge >= 0.3 is 0 Å². The highest BCUT2D eigenvalue weighted by Crippen LogP contribution is 2.20. The molecule has 2 rings (SSSR count). The Hall–Kier alpha value is -0.390. The van der Waals surface area contributed by atoms with Gasteiger partial charge in [-0.2, -0.15) is 0 Å². The van der Waals surface area contributed by atoms with E-state index >= 15 is 0 Å². The van der Waals surface area contributed by atoms with Crippen molar-refractivity contribution in [3.63, 3.8) is 0 Å². The highest BCUT2D eigenvalue weighted by atomic mass is 79.9. The van der Waals surface area contributed by atoms with E-state index < -0.39 is 0 Å². The Morgan fingerprint density at radius 2 is 2.57 bits per heavy atom. The quantitative estimate of drug-likeness (QED) is 0.877. The molecule has 0 aromatic carbocycles. The van der Waals surface area contributed by atoms with Crippen molar-refractivity contribution in [2.24, 2.45) is 0 Å². The number of hydrogen-bond donors (Lipinski definition) is 2. The molecule has 2 heterocycles. The van der Waals surface area contributed by atoms with E-state index in [1.807, 2.05) is 11.4 Å². The molecule has 2 N–H and O–H groups in total. The number of carbonyl (C=O) groups is 1. The van der Waals surface area contributed by atoms with E-state index in [2.05, 4.69) is 26.6 Å². The van der Waals surface area contributed by atoms with Crippen molar-refractivity contribution >= 4 is 33.2 Å². The van der Waals surface area contributed by atoms with Crippen molar-refractivity contribution < 1.29 is 4.79 Å². The number of rotatable bonds is 3. The van der Waals surface area contributed by atoms with E-state index in [-0.39, 0.29) is 11.9 Å². The van der Waals surface area contributed by atoms with Crippen LogP contribution in [0, 0.1) is 0 Å². The maximum atomic E-state index is 11.4. The molecule has 1 aliphatic rings. The van der Waals surface area contributed by atoms with Gasteiger partial charge in [0, 0.05) is 6.54 Å². The van der Waals surface area contributed by atoms with Crippen molar-refractivity contribution in [1.82, 2.24) is 10.6 Å². The van der Waals surface area contributed by atoms with E-state index in [4.69, 9.17) is 0 Å². The minimum atomic E-state index is 0.0390. The SMILES string of the molecule is O=C(NCc1csc(Br)c1)[C@H]1CCN1. The number of hydrogen-bond acceptors (Lipinski definition) is 3. The van der Waals surface area contributed by atoms with Gasteiger partial charge in [0.25, 0.3) is 0 Å². The van der Waals surface area contributed by atoms with Crippen molar-refractivity contribution in [2.45, 2.75) is 19.0 Å². The van der Waals surface area contributed by atoms with Crippen molar-refractivity contribution in [1.29, 1.82) is 0 Å². The summed E-state index contributed by atoms with van der Waals surface area (Å²) < 4.78 is 1.10. The fourth-order valence-corrected chi connectivity index (χ4v) is 2.47. The maximum absolute atomic E-state index is 11.4. The minimum Gasteiger partial charge on any atom is -0.351 e. The first-order chi connectivity index (χ1) is 6.75. The molecule has 76 valence electrons. The summed E-state index contributed by atoms with van der Waals surface area (Å²) >= 11 is 5.02. The van der Waals surface area contributed by atoms with Gasteiger partial charge in [0.2, 0.25) is 5.91 Å². The summed E-state index contributed by atoms with van der Waals surface area (Å²) in [6.07, 6.45) is 0.958. The van der Waals surface area contributed by atoms with Crippen LogP contribution in [0.2, 0.25) is 0 Å². The standard InChI is InChI=1S/C9H11BrN2OS/c10-8-3-6(5-14-8)4-12-9(13)7-1-2-11-7/h3,5,7,11H,1-2,4H2,(H,12,13)/t7-/m1/s1. The lowest BCUT2D eigenvalue weighted by atomic mass is 10.1. The monoisotopic (exact) mass is 274 g/mol. The zero-order valence-electron chi connectivity index (χ0n) is 7.55. The Morgan fingerprint density at radius 3 is 3.07 bits per heavy atom. The molecule has 1 aromatic rings. The molecule has 0 aliphatic carbocycles. The van der Waals surface area contributed by atoms with E-state index in [0.717, 1.165) is 22.3 Å². The summed E-state index contributed by atoms with van der Waals surface area (Å²) in [5, 5.41) is 8.01. The molecular formula is C9H11BrN2OS. The summed E-state index contributed by atoms with van der Waals surface area (Å²) in [5.41, 5.74) is 1.15. The number of thiophene rings is 1.